The molecule has 208 valence electrons. The van der Waals surface area contributed by atoms with E-state index in [1.165, 1.54) is 0 Å². The second-order valence-electron chi connectivity index (χ2n) is 12.8. The monoisotopic (exact) mass is 516 g/mol. The largest absolute Gasteiger partial charge is 0.481 e. The third-order valence-electron chi connectivity index (χ3n) is 10.5. The highest BCUT2D eigenvalue weighted by atomic mass is 16.7. The maximum atomic E-state index is 12.2. The number of carbonyl (C=O) groups is 1. The van der Waals surface area contributed by atoms with Crippen molar-refractivity contribution >= 4 is 5.97 Å². The van der Waals surface area contributed by atoms with Crippen LogP contribution in [0.3, 0.4) is 0 Å². The van der Waals surface area contributed by atoms with Crippen LogP contribution in [0.25, 0.3) is 0 Å². The first-order valence-corrected chi connectivity index (χ1v) is 13.3. The molecule has 4 fully saturated rings. The van der Waals surface area contributed by atoms with Crippen molar-refractivity contribution in [3.63, 3.8) is 0 Å². The van der Waals surface area contributed by atoms with E-state index in [0.717, 1.165) is 19.3 Å². The van der Waals surface area contributed by atoms with Crippen molar-refractivity contribution in [3.8, 4) is 0 Å². The van der Waals surface area contributed by atoms with E-state index >= 15 is 0 Å². The number of fused-ring (bicyclic) bond motifs is 3. The molecule has 12 atom stereocenters. The fourth-order valence-corrected chi connectivity index (χ4v) is 8.27. The Morgan fingerprint density at radius 1 is 1.00 bits per heavy atom. The van der Waals surface area contributed by atoms with E-state index in [-0.39, 0.29) is 35.7 Å². The van der Waals surface area contributed by atoms with Crippen LogP contribution in [0.2, 0.25) is 0 Å². The van der Waals surface area contributed by atoms with Crippen LogP contribution in [0.5, 0.6) is 0 Å². The predicted octanol–water partition coefficient (Wildman–Crippen LogP) is 0.392. The number of aliphatic hydroxyl groups excluding tert-OH is 5. The first-order valence-electron chi connectivity index (χ1n) is 13.3. The zero-order valence-corrected chi connectivity index (χ0v) is 21.5. The second kappa shape index (κ2) is 9.72. The van der Waals surface area contributed by atoms with Gasteiger partial charge in [0.05, 0.1) is 30.3 Å². The van der Waals surface area contributed by atoms with Crippen LogP contribution in [-0.4, -0.2) is 97.3 Å². The first-order chi connectivity index (χ1) is 16.7. The summed E-state index contributed by atoms with van der Waals surface area (Å²) >= 11 is 0. The van der Waals surface area contributed by atoms with Crippen LogP contribution >= 0.6 is 0 Å². The quantitative estimate of drug-likeness (QED) is 0.261. The highest BCUT2D eigenvalue weighted by molar-refractivity contribution is 5.75. The third kappa shape index (κ3) is 4.41. The molecule has 3 aliphatic carbocycles. The molecule has 0 spiro atoms. The lowest BCUT2D eigenvalue weighted by atomic mass is 9.41. The minimum atomic E-state index is -1.51. The van der Waals surface area contributed by atoms with Crippen LogP contribution in [0.1, 0.15) is 72.1 Å². The number of carboxylic acid groups (broad SMARTS) is 1. The van der Waals surface area contributed by atoms with Gasteiger partial charge in [0.1, 0.15) is 24.4 Å². The van der Waals surface area contributed by atoms with Gasteiger partial charge in [-0.2, -0.15) is 0 Å². The summed E-state index contributed by atoms with van der Waals surface area (Å²) in [5.74, 6) is -1.25. The Balaban J connectivity index is 1.44. The molecule has 4 rings (SSSR count). The fraction of sp³-hybridized carbons (Fsp3) is 0.962. The summed E-state index contributed by atoms with van der Waals surface area (Å²) < 4.78 is 11.1. The molecular weight excluding hydrogens is 472 g/mol. The van der Waals surface area contributed by atoms with E-state index in [1.807, 2.05) is 6.92 Å². The summed E-state index contributed by atoms with van der Waals surface area (Å²) in [5, 5.41) is 72.7. The van der Waals surface area contributed by atoms with Gasteiger partial charge in [-0.1, -0.05) is 20.3 Å². The molecule has 12 unspecified atom stereocenters. The Labute approximate surface area is 212 Å². The van der Waals surface area contributed by atoms with Crippen LogP contribution in [0.4, 0.5) is 0 Å². The topological polar surface area (TPSA) is 177 Å². The Hall–Kier alpha value is -0.850. The van der Waals surface area contributed by atoms with Gasteiger partial charge in [-0.15, -0.1) is 0 Å². The Morgan fingerprint density at radius 2 is 1.69 bits per heavy atom. The van der Waals surface area contributed by atoms with Gasteiger partial charge >= 0.3 is 5.97 Å². The molecule has 10 nitrogen and oxygen atoms in total. The first kappa shape index (κ1) is 28.2. The van der Waals surface area contributed by atoms with Crippen LogP contribution in [0, 0.1) is 28.1 Å². The highest BCUT2D eigenvalue weighted by Gasteiger charge is 2.67. The number of hydrogen-bond acceptors (Lipinski definition) is 9. The maximum absolute atomic E-state index is 12.2. The fourth-order valence-electron chi connectivity index (χ4n) is 8.27. The highest BCUT2D eigenvalue weighted by Crippen LogP contribution is 2.66. The molecule has 0 aromatic rings. The van der Waals surface area contributed by atoms with Gasteiger partial charge in [0.25, 0.3) is 0 Å². The molecule has 0 bridgehead atoms. The molecule has 0 amide bonds. The molecular formula is C26H44O10. The molecule has 4 aliphatic rings. The summed E-state index contributed by atoms with van der Waals surface area (Å²) in [6.45, 7) is 5.53. The smallest absolute Gasteiger partial charge is 0.309 e. The van der Waals surface area contributed by atoms with Gasteiger partial charge < -0.3 is 45.2 Å². The van der Waals surface area contributed by atoms with E-state index in [1.54, 1.807) is 6.92 Å². The summed E-state index contributed by atoms with van der Waals surface area (Å²) in [6, 6.07) is 0. The van der Waals surface area contributed by atoms with Crippen LogP contribution < -0.4 is 0 Å². The van der Waals surface area contributed by atoms with Crippen LogP contribution in [0.15, 0.2) is 0 Å². The van der Waals surface area contributed by atoms with Gasteiger partial charge in [-0.05, 0) is 74.5 Å². The Morgan fingerprint density at radius 3 is 2.33 bits per heavy atom. The van der Waals surface area contributed by atoms with Crippen molar-refractivity contribution in [2.45, 2.75) is 115 Å². The number of ether oxygens (including phenoxy) is 2. The normalized spacial score (nSPS) is 53.4. The molecule has 0 radical (unpaired) electrons. The van der Waals surface area contributed by atoms with Crippen molar-refractivity contribution in [3.05, 3.63) is 0 Å². The molecule has 1 aliphatic heterocycles. The molecule has 1 heterocycles. The summed E-state index contributed by atoms with van der Waals surface area (Å²) in [4.78, 5) is 12.2. The number of rotatable bonds is 6. The molecule has 0 aromatic carbocycles. The van der Waals surface area contributed by atoms with E-state index in [2.05, 4.69) is 6.92 Å². The van der Waals surface area contributed by atoms with Crippen LogP contribution in [-0.2, 0) is 14.3 Å². The lowest BCUT2D eigenvalue weighted by molar-refractivity contribution is -0.303. The van der Waals surface area contributed by atoms with Gasteiger partial charge in [0, 0.05) is 0 Å². The Bertz CT molecular complexity index is 823. The van der Waals surface area contributed by atoms with Crippen molar-refractivity contribution in [2.24, 2.45) is 28.1 Å². The molecule has 7 N–H and O–H groups in total. The molecule has 1 saturated heterocycles. The lowest BCUT2D eigenvalue weighted by Gasteiger charge is -2.65. The summed E-state index contributed by atoms with van der Waals surface area (Å²) in [6.07, 6.45) is -3.00. The van der Waals surface area contributed by atoms with E-state index in [0.29, 0.717) is 25.7 Å². The molecule has 0 aromatic heterocycles. The average molecular weight is 517 g/mol. The molecule has 3 saturated carbocycles. The van der Waals surface area contributed by atoms with E-state index < -0.39 is 60.4 Å². The van der Waals surface area contributed by atoms with E-state index in [4.69, 9.17) is 9.47 Å². The van der Waals surface area contributed by atoms with Gasteiger partial charge in [0.2, 0.25) is 0 Å². The number of carboxylic acids is 1. The van der Waals surface area contributed by atoms with Gasteiger partial charge in [-0.25, -0.2) is 0 Å². The third-order valence-corrected chi connectivity index (χ3v) is 10.5. The van der Waals surface area contributed by atoms with Crippen molar-refractivity contribution < 1.29 is 50.0 Å². The number of aliphatic hydroxyl groups is 6. The Kier molecular flexibility index (Phi) is 7.60. The molecule has 36 heavy (non-hydrogen) atoms. The lowest BCUT2D eigenvalue weighted by Crippen LogP contribution is -2.68. The predicted molar refractivity (Wildman–Crippen MR) is 127 cm³/mol. The van der Waals surface area contributed by atoms with Crippen molar-refractivity contribution in [1.82, 2.24) is 0 Å². The SMILES string of the molecule is CC1(CCOC2OC(CO)C(O)C(O)C2O)CCC2C3(C)CCCC(C)(C(=O)O)C3CC(O)C2(O)C1. The minimum absolute atomic E-state index is 0.146. The number of hydrogen-bond donors (Lipinski definition) is 7. The number of aliphatic carboxylic acids is 1. The van der Waals surface area contributed by atoms with E-state index in [9.17, 15) is 40.5 Å². The van der Waals surface area contributed by atoms with Crippen molar-refractivity contribution in [2.75, 3.05) is 13.2 Å². The zero-order chi connectivity index (χ0) is 26.7. The average Bonchev–Trinajstić information content (AvgIpc) is 2.80. The standard InChI is InChI=1S/C26H44O10/c1-23(9-10-35-21-20(31)19(30)18(29)14(12-27)36-21)8-5-15-24(2)6-4-7-25(3,22(32)33)16(24)11-17(28)26(15,34)13-23/h14-21,27-31,34H,4-13H2,1-3H3,(H,32,33). The van der Waals surface area contributed by atoms with Gasteiger partial charge in [0.15, 0.2) is 6.29 Å². The van der Waals surface area contributed by atoms with Gasteiger partial charge in [-0.3, -0.25) is 4.79 Å². The van der Waals surface area contributed by atoms with Crippen molar-refractivity contribution in [1.29, 1.82) is 0 Å². The second-order valence-corrected chi connectivity index (χ2v) is 12.8. The minimum Gasteiger partial charge on any atom is -0.481 e. The summed E-state index contributed by atoms with van der Waals surface area (Å²) in [5.41, 5.74) is -3.02. The molecule has 10 heteroatoms. The zero-order valence-electron chi connectivity index (χ0n) is 21.5. The summed E-state index contributed by atoms with van der Waals surface area (Å²) in [7, 11) is 0. The maximum Gasteiger partial charge on any atom is 0.309 e.